The molecule has 1 aliphatic heterocycles. The summed E-state index contributed by atoms with van der Waals surface area (Å²) in [4.78, 5) is 26.5. The highest BCUT2D eigenvalue weighted by Gasteiger charge is 2.33. The maximum atomic E-state index is 12.5. The minimum atomic E-state index is -0.421. The fourth-order valence-corrected chi connectivity index (χ4v) is 4.93. The van der Waals surface area contributed by atoms with Crippen LogP contribution < -0.4 is 11.1 Å². The molecular formula is C22H33N3O3S. The van der Waals surface area contributed by atoms with Crippen molar-refractivity contribution in [2.24, 2.45) is 11.7 Å². The number of nitrogens with zero attached hydrogens (tertiary/aromatic N) is 1. The predicted octanol–water partition coefficient (Wildman–Crippen LogP) is 3.46. The molecule has 1 unspecified atom stereocenters. The predicted molar refractivity (Wildman–Crippen MR) is 117 cm³/mol. The van der Waals surface area contributed by atoms with Crippen LogP contribution in [-0.2, 0) is 16.1 Å². The first-order valence-electron chi connectivity index (χ1n) is 10.6. The van der Waals surface area contributed by atoms with Crippen LogP contribution in [-0.4, -0.2) is 47.2 Å². The molecule has 1 heterocycles. The van der Waals surface area contributed by atoms with E-state index in [2.05, 4.69) is 31.3 Å². The lowest BCUT2D eigenvalue weighted by Gasteiger charge is -2.33. The molecule has 0 bridgehead atoms. The molecule has 1 aromatic carbocycles. The zero-order chi connectivity index (χ0) is 20.8. The molecule has 0 aromatic heterocycles. The third-order valence-electron chi connectivity index (χ3n) is 5.97. The SMILES string of the molecule is CC(C)c1ccc(COC(=O)NC2CCC(C(N)C(=O)N3CCSC3)CC2)cc1. The van der Waals surface area contributed by atoms with Gasteiger partial charge in [-0.25, -0.2) is 4.79 Å². The summed E-state index contributed by atoms with van der Waals surface area (Å²) in [6.07, 6.45) is 3.00. The zero-order valence-corrected chi connectivity index (χ0v) is 18.2. The van der Waals surface area contributed by atoms with E-state index in [-0.39, 0.29) is 30.6 Å². The molecule has 3 N–H and O–H groups in total. The van der Waals surface area contributed by atoms with Crippen LogP contribution in [0.3, 0.4) is 0 Å². The molecule has 1 saturated carbocycles. The Balaban J connectivity index is 1.37. The highest BCUT2D eigenvalue weighted by Crippen LogP contribution is 2.28. The highest BCUT2D eigenvalue weighted by atomic mass is 32.2. The van der Waals surface area contributed by atoms with Crippen LogP contribution in [0, 0.1) is 5.92 Å². The quantitative estimate of drug-likeness (QED) is 0.738. The number of carbonyl (C=O) groups excluding carboxylic acids is 2. The summed E-state index contributed by atoms with van der Waals surface area (Å²) in [6, 6.07) is 7.83. The van der Waals surface area contributed by atoms with Gasteiger partial charge in [0.25, 0.3) is 0 Å². The molecule has 2 fully saturated rings. The van der Waals surface area contributed by atoms with E-state index in [1.165, 1.54) is 5.56 Å². The molecule has 1 saturated heterocycles. The second-order valence-electron chi connectivity index (χ2n) is 8.39. The van der Waals surface area contributed by atoms with Crippen molar-refractivity contribution < 1.29 is 14.3 Å². The molecule has 2 amide bonds. The number of ether oxygens (including phenoxy) is 1. The number of benzene rings is 1. The monoisotopic (exact) mass is 419 g/mol. The highest BCUT2D eigenvalue weighted by molar-refractivity contribution is 7.99. The molecular weight excluding hydrogens is 386 g/mol. The topological polar surface area (TPSA) is 84.7 Å². The van der Waals surface area contributed by atoms with E-state index in [4.69, 9.17) is 10.5 Å². The number of amides is 2. The second-order valence-corrected chi connectivity index (χ2v) is 9.47. The first-order chi connectivity index (χ1) is 13.9. The largest absolute Gasteiger partial charge is 0.445 e. The molecule has 0 radical (unpaired) electrons. The van der Waals surface area contributed by atoms with Crippen molar-refractivity contribution in [3.8, 4) is 0 Å². The average Bonchev–Trinajstić information content (AvgIpc) is 3.27. The van der Waals surface area contributed by atoms with Gasteiger partial charge in [-0.2, -0.15) is 0 Å². The van der Waals surface area contributed by atoms with Gasteiger partial charge in [-0.1, -0.05) is 38.1 Å². The van der Waals surface area contributed by atoms with E-state index in [9.17, 15) is 9.59 Å². The number of alkyl carbamates (subject to hydrolysis) is 1. The lowest BCUT2D eigenvalue weighted by molar-refractivity contribution is -0.132. The molecule has 160 valence electrons. The Kier molecular flexibility index (Phi) is 7.84. The van der Waals surface area contributed by atoms with E-state index in [0.29, 0.717) is 5.92 Å². The van der Waals surface area contributed by atoms with E-state index >= 15 is 0 Å². The van der Waals surface area contributed by atoms with Gasteiger partial charge in [0, 0.05) is 18.3 Å². The minimum absolute atomic E-state index is 0.0781. The molecule has 1 atom stereocenters. The molecule has 1 aliphatic carbocycles. The first kappa shape index (κ1) is 22.0. The molecule has 29 heavy (non-hydrogen) atoms. The zero-order valence-electron chi connectivity index (χ0n) is 17.4. The van der Waals surface area contributed by atoms with Crippen molar-refractivity contribution in [1.29, 1.82) is 0 Å². The van der Waals surface area contributed by atoms with Crippen LogP contribution in [0.5, 0.6) is 0 Å². The van der Waals surface area contributed by atoms with Crippen molar-refractivity contribution >= 4 is 23.8 Å². The van der Waals surface area contributed by atoms with Crippen molar-refractivity contribution in [3.05, 3.63) is 35.4 Å². The van der Waals surface area contributed by atoms with Gasteiger partial charge in [0.1, 0.15) is 6.61 Å². The van der Waals surface area contributed by atoms with Gasteiger partial charge in [-0.05, 0) is 48.6 Å². The maximum Gasteiger partial charge on any atom is 0.407 e. The van der Waals surface area contributed by atoms with Gasteiger partial charge in [0.15, 0.2) is 0 Å². The van der Waals surface area contributed by atoms with Crippen LogP contribution >= 0.6 is 11.8 Å². The third-order valence-corrected chi connectivity index (χ3v) is 6.93. The molecule has 1 aromatic rings. The van der Waals surface area contributed by atoms with Crippen LogP contribution in [0.25, 0.3) is 0 Å². The number of hydrogen-bond acceptors (Lipinski definition) is 5. The van der Waals surface area contributed by atoms with Crippen LogP contribution in [0.4, 0.5) is 4.79 Å². The Morgan fingerprint density at radius 2 is 1.90 bits per heavy atom. The molecule has 0 spiro atoms. The number of rotatable bonds is 6. The second kappa shape index (κ2) is 10.3. The Morgan fingerprint density at radius 1 is 1.21 bits per heavy atom. The van der Waals surface area contributed by atoms with Gasteiger partial charge < -0.3 is 20.7 Å². The van der Waals surface area contributed by atoms with Crippen LogP contribution in [0.2, 0.25) is 0 Å². The van der Waals surface area contributed by atoms with E-state index in [0.717, 1.165) is 49.4 Å². The summed E-state index contributed by atoms with van der Waals surface area (Å²) >= 11 is 1.77. The fraction of sp³-hybridized carbons (Fsp3) is 0.636. The molecule has 6 nitrogen and oxygen atoms in total. The van der Waals surface area contributed by atoms with Crippen molar-refractivity contribution in [1.82, 2.24) is 10.2 Å². The molecule has 3 rings (SSSR count). The van der Waals surface area contributed by atoms with Crippen molar-refractivity contribution in [3.63, 3.8) is 0 Å². The summed E-state index contributed by atoms with van der Waals surface area (Å²) in [5.74, 6) is 2.52. The van der Waals surface area contributed by atoms with Gasteiger partial charge in [-0.3, -0.25) is 4.79 Å². The summed E-state index contributed by atoms with van der Waals surface area (Å²) in [6.45, 7) is 5.39. The van der Waals surface area contributed by atoms with E-state index < -0.39 is 6.04 Å². The minimum Gasteiger partial charge on any atom is -0.445 e. The van der Waals surface area contributed by atoms with Crippen molar-refractivity contribution in [2.75, 3.05) is 18.2 Å². The standard InChI is InChI=1S/C22H33N3O3S/c1-15(2)17-5-3-16(4-6-17)13-28-22(27)24-19-9-7-18(8-10-19)20(23)21(26)25-11-12-29-14-25/h3-6,15,18-20H,7-14,23H2,1-2H3,(H,24,27). The Hall–Kier alpha value is -1.73. The van der Waals surface area contributed by atoms with E-state index in [1.54, 1.807) is 11.8 Å². The van der Waals surface area contributed by atoms with Crippen LogP contribution in [0.15, 0.2) is 24.3 Å². The summed E-state index contributed by atoms with van der Waals surface area (Å²) < 4.78 is 5.37. The smallest absolute Gasteiger partial charge is 0.407 e. The third kappa shape index (κ3) is 6.12. The Labute approximate surface area is 177 Å². The number of hydrogen-bond donors (Lipinski definition) is 2. The van der Waals surface area contributed by atoms with E-state index in [1.807, 2.05) is 17.0 Å². The summed E-state index contributed by atoms with van der Waals surface area (Å²) in [5, 5.41) is 2.96. The normalized spacial score (nSPS) is 23.1. The van der Waals surface area contributed by atoms with Gasteiger partial charge in [-0.15, -0.1) is 11.8 Å². The number of thioether (sulfide) groups is 1. The Morgan fingerprint density at radius 3 is 2.48 bits per heavy atom. The summed E-state index contributed by atoms with van der Waals surface area (Å²) in [5.41, 5.74) is 8.50. The molecule has 2 aliphatic rings. The average molecular weight is 420 g/mol. The fourth-order valence-electron chi connectivity index (χ4n) is 3.98. The van der Waals surface area contributed by atoms with Gasteiger partial charge in [0.05, 0.1) is 11.9 Å². The maximum absolute atomic E-state index is 12.5. The molecule has 7 heteroatoms. The number of nitrogens with one attached hydrogen (secondary N) is 1. The lowest BCUT2D eigenvalue weighted by Crippen LogP contribution is -2.49. The lowest BCUT2D eigenvalue weighted by atomic mass is 9.81. The van der Waals surface area contributed by atoms with Crippen LogP contribution in [0.1, 0.15) is 56.6 Å². The number of carbonyl (C=O) groups is 2. The first-order valence-corrected chi connectivity index (χ1v) is 11.7. The van der Waals surface area contributed by atoms with Gasteiger partial charge in [0.2, 0.25) is 5.91 Å². The summed E-state index contributed by atoms with van der Waals surface area (Å²) in [7, 11) is 0. The van der Waals surface area contributed by atoms with Gasteiger partial charge >= 0.3 is 6.09 Å². The van der Waals surface area contributed by atoms with Crippen molar-refractivity contribution in [2.45, 2.75) is 64.1 Å². The Bertz CT molecular complexity index is 681. The number of nitrogens with two attached hydrogens (primary N) is 1.